The van der Waals surface area contributed by atoms with Gasteiger partial charge in [-0.25, -0.2) is 9.78 Å². The summed E-state index contributed by atoms with van der Waals surface area (Å²) in [4.78, 5) is 22.0. The number of nitrogens with two attached hydrogens (primary N) is 1. The maximum Gasteiger partial charge on any atom is 0.410 e. The highest BCUT2D eigenvalue weighted by atomic mass is 79.9. The van der Waals surface area contributed by atoms with Crippen LogP contribution in [0.25, 0.3) is 0 Å². The standard InChI is InChI=1S/C14H22BrN5O2/c1-14(2,3)22-13(21)20-6-4-5-9(8-20)18-11-10(15)7-17-12(16)19-11/h7,9H,4-6,8H2,1-3H3,(H3,16,17,18,19). The van der Waals surface area contributed by atoms with Crippen LogP contribution in [0.2, 0.25) is 0 Å². The molecule has 2 heterocycles. The van der Waals surface area contributed by atoms with Crippen LogP contribution in [0.15, 0.2) is 10.7 Å². The van der Waals surface area contributed by atoms with Gasteiger partial charge in [-0.3, -0.25) is 0 Å². The van der Waals surface area contributed by atoms with Crippen molar-refractivity contribution in [2.24, 2.45) is 0 Å². The van der Waals surface area contributed by atoms with Gasteiger partial charge >= 0.3 is 6.09 Å². The smallest absolute Gasteiger partial charge is 0.410 e. The van der Waals surface area contributed by atoms with Gasteiger partial charge in [-0.1, -0.05) is 0 Å². The average Bonchev–Trinajstić information content (AvgIpc) is 2.41. The third-order valence-corrected chi connectivity index (χ3v) is 3.76. The first-order chi connectivity index (χ1) is 10.2. The number of carbonyl (C=O) groups is 1. The maximum absolute atomic E-state index is 12.2. The Labute approximate surface area is 138 Å². The molecule has 0 spiro atoms. The van der Waals surface area contributed by atoms with Crippen LogP contribution in [0.1, 0.15) is 33.6 Å². The second-order valence-electron chi connectivity index (χ2n) is 6.33. The van der Waals surface area contributed by atoms with Gasteiger partial charge in [0, 0.05) is 25.3 Å². The first kappa shape index (κ1) is 16.8. The number of ether oxygens (including phenoxy) is 1. The zero-order chi connectivity index (χ0) is 16.3. The lowest BCUT2D eigenvalue weighted by molar-refractivity contribution is 0.0206. The van der Waals surface area contributed by atoms with E-state index >= 15 is 0 Å². The Hall–Kier alpha value is -1.57. The van der Waals surface area contributed by atoms with Gasteiger partial charge in [-0.05, 0) is 49.5 Å². The molecule has 1 saturated heterocycles. The number of likely N-dealkylation sites (tertiary alicyclic amines) is 1. The van der Waals surface area contributed by atoms with Gasteiger partial charge in [-0.15, -0.1) is 0 Å². The third-order valence-electron chi connectivity index (χ3n) is 3.18. The highest BCUT2D eigenvalue weighted by Gasteiger charge is 2.28. The van der Waals surface area contributed by atoms with E-state index in [1.54, 1.807) is 11.1 Å². The van der Waals surface area contributed by atoms with Gasteiger partial charge in [0.25, 0.3) is 0 Å². The molecule has 0 radical (unpaired) electrons. The van der Waals surface area contributed by atoms with Crippen LogP contribution in [-0.4, -0.2) is 45.7 Å². The quantitative estimate of drug-likeness (QED) is 0.829. The maximum atomic E-state index is 12.2. The van der Waals surface area contributed by atoms with Crippen LogP contribution >= 0.6 is 15.9 Å². The van der Waals surface area contributed by atoms with Gasteiger partial charge < -0.3 is 20.7 Å². The van der Waals surface area contributed by atoms with E-state index in [2.05, 4.69) is 31.2 Å². The van der Waals surface area contributed by atoms with Gasteiger partial charge in [0.2, 0.25) is 5.95 Å². The number of hydrogen-bond acceptors (Lipinski definition) is 6. The van der Waals surface area contributed by atoms with Crippen LogP contribution in [0, 0.1) is 0 Å². The summed E-state index contributed by atoms with van der Waals surface area (Å²) >= 11 is 3.39. The average molecular weight is 372 g/mol. The van der Waals surface area contributed by atoms with Crippen molar-refractivity contribution < 1.29 is 9.53 Å². The zero-order valence-electron chi connectivity index (χ0n) is 13.1. The molecule has 7 nitrogen and oxygen atoms in total. The summed E-state index contributed by atoms with van der Waals surface area (Å²) < 4.78 is 6.17. The van der Waals surface area contributed by atoms with Crippen molar-refractivity contribution in [2.75, 3.05) is 24.1 Å². The fourth-order valence-corrected chi connectivity index (χ4v) is 2.57. The first-order valence-electron chi connectivity index (χ1n) is 7.27. The highest BCUT2D eigenvalue weighted by Crippen LogP contribution is 2.23. The van der Waals surface area contributed by atoms with Gasteiger partial charge in [0.1, 0.15) is 11.4 Å². The number of nitrogen functional groups attached to an aromatic ring is 1. The van der Waals surface area contributed by atoms with Gasteiger partial charge in [0.05, 0.1) is 4.47 Å². The van der Waals surface area contributed by atoms with Crippen molar-refractivity contribution >= 4 is 33.8 Å². The predicted octanol–water partition coefficient (Wildman–Crippen LogP) is 2.63. The van der Waals surface area contributed by atoms with E-state index in [9.17, 15) is 4.79 Å². The SMILES string of the molecule is CC(C)(C)OC(=O)N1CCCC(Nc2nc(N)ncc2Br)C1. The van der Waals surface area contributed by atoms with E-state index in [0.29, 0.717) is 18.9 Å². The predicted molar refractivity (Wildman–Crippen MR) is 88.6 cm³/mol. The molecule has 1 unspecified atom stereocenters. The fraction of sp³-hybridized carbons (Fsp3) is 0.643. The number of rotatable bonds is 2. The number of piperidine rings is 1. The summed E-state index contributed by atoms with van der Waals surface area (Å²) in [5, 5.41) is 3.31. The van der Waals surface area contributed by atoms with E-state index in [4.69, 9.17) is 10.5 Å². The molecular weight excluding hydrogens is 350 g/mol. The Morgan fingerprint density at radius 2 is 2.27 bits per heavy atom. The normalized spacial score (nSPS) is 18.9. The van der Waals surface area contributed by atoms with Crippen molar-refractivity contribution in [3.8, 4) is 0 Å². The van der Waals surface area contributed by atoms with Gasteiger partial charge in [-0.2, -0.15) is 4.98 Å². The van der Waals surface area contributed by atoms with Crippen molar-refractivity contribution in [2.45, 2.75) is 45.3 Å². The summed E-state index contributed by atoms with van der Waals surface area (Å²) in [7, 11) is 0. The molecule has 0 aromatic carbocycles. The largest absolute Gasteiger partial charge is 0.444 e. The topological polar surface area (TPSA) is 93.4 Å². The minimum absolute atomic E-state index is 0.104. The Bertz CT molecular complexity index is 547. The van der Waals surface area contributed by atoms with Crippen LogP contribution in [0.3, 0.4) is 0 Å². The zero-order valence-corrected chi connectivity index (χ0v) is 14.7. The van der Waals surface area contributed by atoms with Crippen LogP contribution in [0.5, 0.6) is 0 Å². The molecule has 1 aromatic heterocycles. The van der Waals surface area contributed by atoms with Gasteiger partial charge in [0.15, 0.2) is 0 Å². The second-order valence-corrected chi connectivity index (χ2v) is 7.19. The lowest BCUT2D eigenvalue weighted by atomic mass is 10.1. The minimum atomic E-state index is -0.485. The number of aromatic nitrogens is 2. The van der Waals surface area contributed by atoms with Crippen molar-refractivity contribution in [3.05, 3.63) is 10.7 Å². The van der Waals surface area contributed by atoms with Crippen molar-refractivity contribution in [1.82, 2.24) is 14.9 Å². The Balaban J connectivity index is 1.98. The van der Waals surface area contributed by atoms with Crippen molar-refractivity contribution in [3.63, 3.8) is 0 Å². The fourth-order valence-electron chi connectivity index (χ4n) is 2.26. The molecule has 3 N–H and O–H groups in total. The van der Waals surface area contributed by atoms with E-state index < -0.39 is 5.60 Å². The molecule has 1 aliphatic rings. The molecule has 122 valence electrons. The summed E-state index contributed by atoms with van der Waals surface area (Å²) in [6, 6.07) is 0.104. The molecular formula is C14H22BrN5O2. The van der Waals surface area contributed by atoms with E-state index in [1.807, 2.05) is 20.8 Å². The molecule has 1 aromatic rings. The number of anilines is 2. The first-order valence-corrected chi connectivity index (χ1v) is 8.06. The van der Waals surface area contributed by atoms with Crippen LogP contribution < -0.4 is 11.1 Å². The summed E-state index contributed by atoms with van der Waals surface area (Å²) in [5.74, 6) is 0.856. The molecule has 0 bridgehead atoms. The number of amides is 1. The number of nitrogens with zero attached hydrogens (tertiary/aromatic N) is 3. The molecule has 1 amide bonds. The summed E-state index contributed by atoms with van der Waals surface area (Å²) in [6.45, 7) is 6.88. The monoisotopic (exact) mass is 371 g/mol. The van der Waals surface area contributed by atoms with Crippen molar-refractivity contribution in [1.29, 1.82) is 0 Å². The molecule has 22 heavy (non-hydrogen) atoms. The number of nitrogens with one attached hydrogen (secondary N) is 1. The molecule has 0 saturated carbocycles. The summed E-state index contributed by atoms with van der Waals surface area (Å²) in [6.07, 6.45) is 3.20. The molecule has 1 fully saturated rings. The third kappa shape index (κ3) is 4.72. The molecule has 0 aliphatic carbocycles. The van der Waals surface area contributed by atoms with Crippen LogP contribution in [0.4, 0.5) is 16.6 Å². The molecule has 8 heteroatoms. The molecule has 1 aliphatic heterocycles. The van der Waals surface area contributed by atoms with E-state index in [-0.39, 0.29) is 18.1 Å². The number of carbonyl (C=O) groups excluding carboxylic acids is 1. The second kappa shape index (κ2) is 6.68. The van der Waals surface area contributed by atoms with E-state index in [0.717, 1.165) is 17.3 Å². The molecule has 1 atom stereocenters. The summed E-state index contributed by atoms with van der Waals surface area (Å²) in [5.41, 5.74) is 5.13. The lowest BCUT2D eigenvalue weighted by Crippen LogP contribution is -2.47. The number of hydrogen-bond donors (Lipinski definition) is 2. The Kier molecular flexibility index (Phi) is 5.10. The highest BCUT2D eigenvalue weighted by molar-refractivity contribution is 9.10. The Morgan fingerprint density at radius 1 is 1.55 bits per heavy atom. The van der Waals surface area contributed by atoms with E-state index in [1.165, 1.54) is 0 Å². The van der Waals surface area contributed by atoms with Crippen LogP contribution in [-0.2, 0) is 4.74 Å². The number of halogens is 1. The lowest BCUT2D eigenvalue weighted by Gasteiger charge is -2.34. The molecule has 2 rings (SSSR count). The minimum Gasteiger partial charge on any atom is -0.444 e. The Morgan fingerprint density at radius 3 is 2.95 bits per heavy atom.